The summed E-state index contributed by atoms with van der Waals surface area (Å²) in [5.41, 5.74) is 0. The number of ether oxygens (including phenoxy) is 1. The van der Waals surface area contributed by atoms with E-state index in [2.05, 4.69) is 49.4 Å². The van der Waals surface area contributed by atoms with E-state index in [1.54, 1.807) is 0 Å². The fourth-order valence-electron chi connectivity index (χ4n) is 1.91. The molecule has 1 fully saturated rings. The van der Waals surface area contributed by atoms with Gasteiger partial charge < -0.3 is 4.74 Å². The average Bonchev–Trinajstić information content (AvgIpc) is 2.95. The molecular weight excluding hydrogens is 184 g/mol. The first-order valence-electron chi connectivity index (χ1n) is 5.49. The molecule has 0 aromatic heterocycles. The predicted molar refractivity (Wildman–Crippen MR) is 62.1 cm³/mol. The second-order valence-corrected chi connectivity index (χ2v) is 4.35. The van der Waals surface area contributed by atoms with Crippen LogP contribution in [0.1, 0.15) is 13.3 Å². The number of hydrogen-bond acceptors (Lipinski definition) is 1. The largest absolute Gasteiger partial charge is 0.489 e. The van der Waals surface area contributed by atoms with E-state index >= 15 is 0 Å². The molecule has 0 aliphatic heterocycles. The van der Waals surface area contributed by atoms with E-state index in [0.29, 0.717) is 6.10 Å². The van der Waals surface area contributed by atoms with Crippen LogP contribution in [0.3, 0.4) is 0 Å². The van der Waals surface area contributed by atoms with Gasteiger partial charge in [0.25, 0.3) is 0 Å². The number of fused-ring (bicyclic) bond motifs is 1. The third-order valence-corrected chi connectivity index (χ3v) is 3.06. The molecule has 15 heavy (non-hydrogen) atoms. The van der Waals surface area contributed by atoms with Crippen molar-refractivity contribution in [2.24, 2.45) is 5.92 Å². The van der Waals surface area contributed by atoms with E-state index in [1.807, 2.05) is 0 Å². The Balaban J connectivity index is 2.02. The van der Waals surface area contributed by atoms with Gasteiger partial charge in [-0.1, -0.05) is 43.3 Å². The minimum absolute atomic E-state index is 0.441. The zero-order valence-corrected chi connectivity index (χ0v) is 8.81. The van der Waals surface area contributed by atoms with Gasteiger partial charge in [-0.05, 0) is 23.8 Å². The molecule has 1 aliphatic carbocycles. The highest BCUT2D eigenvalue weighted by molar-refractivity contribution is 5.88. The third-order valence-electron chi connectivity index (χ3n) is 3.06. The van der Waals surface area contributed by atoms with Crippen LogP contribution >= 0.6 is 0 Å². The van der Waals surface area contributed by atoms with E-state index in [-0.39, 0.29) is 0 Å². The standard InChI is InChI=1S/C14H14O/c1-10-9-14(10)15-13-8-4-6-11-5-2-3-7-12(11)13/h2-8,10,14H,9H2,1H3/t10-,14?/m1/s1. The van der Waals surface area contributed by atoms with Crippen molar-refractivity contribution in [2.75, 3.05) is 0 Å². The fraction of sp³-hybridized carbons (Fsp3) is 0.286. The van der Waals surface area contributed by atoms with Crippen LogP contribution in [0.2, 0.25) is 0 Å². The molecule has 0 radical (unpaired) electrons. The Kier molecular flexibility index (Phi) is 1.91. The molecule has 1 unspecified atom stereocenters. The van der Waals surface area contributed by atoms with Crippen LogP contribution < -0.4 is 4.74 Å². The molecule has 0 bridgehead atoms. The van der Waals surface area contributed by atoms with Crippen molar-refractivity contribution < 1.29 is 4.74 Å². The molecule has 2 aromatic carbocycles. The maximum Gasteiger partial charge on any atom is 0.127 e. The highest BCUT2D eigenvalue weighted by atomic mass is 16.5. The summed E-state index contributed by atoms with van der Waals surface area (Å²) in [6.45, 7) is 2.23. The van der Waals surface area contributed by atoms with Gasteiger partial charge in [-0.3, -0.25) is 0 Å². The Hall–Kier alpha value is -1.50. The molecule has 0 saturated heterocycles. The molecule has 1 aliphatic rings. The first-order chi connectivity index (χ1) is 7.34. The molecule has 0 amide bonds. The van der Waals surface area contributed by atoms with E-state index in [9.17, 15) is 0 Å². The quantitative estimate of drug-likeness (QED) is 0.716. The molecule has 76 valence electrons. The van der Waals surface area contributed by atoms with E-state index in [0.717, 1.165) is 11.7 Å². The van der Waals surface area contributed by atoms with Gasteiger partial charge in [0.2, 0.25) is 0 Å². The van der Waals surface area contributed by atoms with Gasteiger partial charge in [-0.25, -0.2) is 0 Å². The smallest absolute Gasteiger partial charge is 0.127 e. The lowest BCUT2D eigenvalue weighted by molar-refractivity contribution is 0.291. The molecule has 0 N–H and O–H groups in total. The zero-order chi connectivity index (χ0) is 10.3. The van der Waals surface area contributed by atoms with Gasteiger partial charge in [0.1, 0.15) is 11.9 Å². The van der Waals surface area contributed by atoms with Gasteiger partial charge >= 0.3 is 0 Å². The highest BCUT2D eigenvalue weighted by Crippen LogP contribution is 2.36. The third kappa shape index (κ3) is 1.58. The second kappa shape index (κ2) is 3.27. The summed E-state index contributed by atoms with van der Waals surface area (Å²) in [5, 5.41) is 2.47. The van der Waals surface area contributed by atoms with E-state index in [4.69, 9.17) is 4.74 Å². The molecule has 0 heterocycles. The van der Waals surface area contributed by atoms with E-state index in [1.165, 1.54) is 17.2 Å². The lowest BCUT2D eigenvalue weighted by Gasteiger charge is -2.08. The molecule has 2 atom stereocenters. The van der Waals surface area contributed by atoms with Crippen molar-refractivity contribution >= 4 is 10.8 Å². The maximum atomic E-state index is 5.95. The fourth-order valence-corrected chi connectivity index (χ4v) is 1.91. The highest BCUT2D eigenvalue weighted by Gasteiger charge is 2.35. The van der Waals surface area contributed by atoms with Crippen LogP contribution in [0.15, 0.2) is 42.5 Å². The molecular formula is C14H14O. The lowest BCUT2D eigenvalue weighted by Crippen LogP contribution is -1.98. The van der Waals surface area contributed by atoms with Gasteiger partial charge in [0, 0.05) is 5.39 Å². The molecule has 3 rings (SSSR count). The molecule has 2 aromatic rings. The Morgan fingerprint density at radius 1 is 1.07 bits per heavy atom. The number of rotatable bonds is 2. The monoisotopic (exact) mass is 198 g/mol. The Morgan fingerprint density at radius 3 is 2.60 bits per heavy atom. The van der Waals surface area contributed by atoms with Crippen LogP contribution in [-0.2, 0) is 0 Å². The lowest BCUT2D eigenvalue weighted by atomic mass is 10.1. The maximum absolute atomic E-state index is 5.95. The van der Waals surface area contributed by atoms with Gasteiger partial charge in [0.05, 0.1) is 0 Å². The van der Waals surface area contributed by atoms with Crippen molar-refractivity contribution in [3.8, 4) is 5.75 Å². The molecule has 0 spiro atoms. The van der Waals surface area contributed by atoms with Gasteiger partial charge in [0.15, 0.2) is 0 Å². The van der Waals surface area contributed by atoms with Crippen molar-refractivity contribution in [3.63, 3.8) is 0 Å². The molecule has 1 heteroatoms. The summed E-state index contributed by atoms with van der Waals surface area (Å²) in [6.07, 6.45) is 1.64. The normalized spacial score (nSPS) is 24.1. The van der Waals surface area contributed by atoms with Crippen LogP contribution in [0, 0.1) is 5.92 Å². The van der Waals surface area contributed by atoms with Crippen LogP contribution in [0.4, 0.5) is 0 Å². The predicted octanol–water partition coefficient (Wildman–Crippen LogP) is 3.63. The number of benzene rings is 2. The molecule has 1 saturated carbocycles. The van der Waals surface area contributed by atoms with Gasteiger partial charge in [-0.2, -0.15) is 0 Å². The number of hydrogen-bond donors (Lipinski definition) is 0. The summed E-state index contributed by atoms with van der Waals surface area (Å²) in [4.78, 5) is 0. The van der Waals surface area contributed by atoms with Crippen molar-refractivity contribution in [1.82, 2.24) is 0 Å². The Labute approximate surface area is 89.7 Å². The summed E-state index contributed by atoms with van der Waals surface area (Å²) >= 11 is 0. The Morgan fingerprint density at radius 2 is 1.80 bits per heavy atom. The minimum atomic E-state index is 0.441. The van der Waals surface area contributed by atoms with Crippen molar-refractivity contribution in [1.29, 1.82) is 0 Å². The van der Waals surface area contributed by atoms with E-state index < -0.39 is 0 Å². The SMILES string of the molecule is C[C@@H]1CC1Oc1cccc2ccccc12. The van der Waals surface area contributed by atoms with Crippen LogP contribution in [0.5, 0.6) is 5.75 Å². The molecule has 1 nitrogen and oxygen atoms in total. The minimum Gasteiger partial charge on any atom is -0.489 e. The average molecular weight is 198 g/mol. The summed E-state index contributed by atoms with van der Waals surface area (Å²) in [5.74, 6) is 1.76. The first-order valence-corrected chi connectivity index (χ1v) is 5.49. The summed E-state index contributed by atoms with van der Waals surface area (Å²) < 4.78 is 5.95. The first kappa shape index (κ1) is 8.78. The van der Waals surface area contributed by atoms with Gasteiger partial charge in [-0.15, -0.1) is 0 Å². The second-order valence-electron chi connectivity index (χ2n) is 4.35. The van der Waals surface area contributed by atoms with Crippen LogP contribution in [-0.4, -0.2) is 6.10 Å². The van der Waals surface area contributed by atoms with Crippen molar-refractivity contribution in [3.05, 3.63) is 42.5 Å². The Bertz CT molecular complexity index is 484. The summed E-state index contributed by atoms with van der Waals surface area (Å²) in [7, 11) is 0. The zero-order valence-electron chi connectivity index (χ0n) is 8.81. The van der Waals surface area contributed by atoms with Crippen LogP contribution in [0.25, 0.3) is 10.8 Å². The topological polar surface area (TPSA) is 9.23 Å². The summed E-state index contributed by atoms with van der Waals surface area (Å²) in [6, 6.07) is 14.6. The van der Waals surface area contributed by atoms with Crippen molar-refractivity contribution in [2.45, 2.75) is 19.4 Å².